The van der Waals surface area contributed by atoms with E-state index in [9.17, 15) is 9.59 Å². The SMILES string of the molecule is CNC(=O)[C@@H]1CN(C(=O)c2coc(C)n2)CCN1C(C)C. The molecule has 1 aromatic heterocycles. The number of hydrogen-bond acceptors (Lipinski definition) is 5. The Labute approximate surface area is 124 Å². The quantitative estimate of drug-likeness (QED) is 0.865. The first-order valence-corrected chi connectivity index (χ1v) is 7.12. The summed E-state index contributed by atoms with van der Waals surface area (Å²) >= 11 is 0. The van der Waals surface area contributed by atoms with E-state index >= 15 is 0 Å². The largest absolute Gasteiger partial charge is 0.448 e. The van der Waals surface area contributed by atoms with E-state index in [4.69, 9.17) is 4.42 Å². The van der Waals surface area contributed by atoms with Crippen molar-refractivity contribution in [1.82, 2.24) is 20.1 Å². The highest BCUT2D eigenvalue weighted by Gasteiger charge is 2.35. The highest BCUT2D eigenvalue weighted by Crippen LogP contribution is 2.16. The molecule has 21 heavy (non-hydrogen) atoms. The summed E-state index contributed by atoms with van der Waals surface area (Å²) in [5.41, 5.74) is 0.293. The van der Waals surface area contributed by atoms with Crippen LogP contribution in [0, 0.1) is 6.92 Å². The molecule has 0 spiro atoms. The number of nitrogens with zero attached hydrogens (tertiary/aromatic N) is 3. The lowest BCUT2D eigenvalue weighted by Gasteiger charge is -2.42. The minimum absolute atomic E-state index is 0.0717. The van der Waals surface area contributed by atoms with Crippen LogP contribution in [0.1, 0.15) is 30.2 Å². The van der Waals surface area contributed by atoms with Gasteiger partial charge in [0.1, 0.15) is 12.3 Å². The zero-order valence-corrected chi connectivity index (χ0v) is 12.9. The normalized spacial score (nSPS) is 19.9. The maximum absolute atomic E-state index is 12.4. The molecule has 0 radical (unpaired) electrons. The average molecular weight is 294 g/mol. The topological polar surface area (TPSA) is 78.7 Å². The molecule has 2 rings (SSSR count). The third-order valence-electron chi connectivity index (χ3n) is 3.76. The molecule has 116 valence electrons. The monoisotopic (exact) mass is 294 g/mol. The van der Waals surface area contributed by atoms with Gasteiger partial charge in [-0.25, -0.2) is 4.98 Å². The van der Waals surface area contributed by atoms with Crippen LogP contribution in [0.25, 0.3) is 0 Å². The van der Waals surface area contributed by atoms with Gasteiger partial charge in [-0.15, -0.1) is 0 Å². The summed E-state index contributed by atoms with van der Waals surface area (Å²) in [5, 5.41) is 2.67. The lowest BCUT2D eigenvalue weighted by atomic mass is 10.1. The lowest BCUT2D eigenvalue weighted by Crippen LogP contribution is -2.61. The predicted molar refractivity (Wildman–Crippen MR) is 76.8 cm³/mol. The summed E-state index contributed by atoms with van der Waals surface area (Å²) in [5.74, 6) is 0.198. The molecule has 0 aromatic carbocycles. The third-order valence-corrected chi connectivity index (χ3v) is 3.76. The number of oxazole rings is 1. The van der Waals surface area contributed by atoms with Gasteiger partial charge in [-0.05, 0) is 13.8 Å². The number of piperazine rings is 1. The van der Waals surface area contributed by atoms with Crippen LogP contribution < -0.4 is 5.32 Å². The van der Waals surface area contributed by atoms with E-state index in [1.807, 2.05) is 0 Å². The molecule has 0 unspecified atom stereocenters. The molecule has 1 aliphatic rings. The number of likely N-dealkylation sites (N-methyl/N-ethyl adjacent to an activating group) is 1. The van der Waals surface area contributed by atoms with E-state index < -0.39 is 0 Å². The Bertz CT molecular complexity index is 526. The fraction of sp³-hybridized carbons (Fsp3) is 0.643. The van der Waals surface area contributed by atoms with E-state index in [0.717, 1.165) is 0 Å². The number of carbonyl (C=O) groups excluding carboxylic acids is 2. The molecule has 0 bridgehead atoms. The Morgan fingerprint density at radius 3 is 2.67 bits per heavy atom. The zero-order valence-electron chi connectivity index (χ0n) is 12.9. The number of amides is 2. The molecule has 1 saturated heterocycles. The fourth-order valence-electron chi connectivity index (χ4n) is 2.62. The van der Waals surface area contributed by atoms with Crippen molar-refractivity contribution < 1.29 is 14.0 Å². The van der Waals surface area contributed by atoms with Crippen molar-refractivity contribution in [2.75, 3.05) is 26.7 Å². The molecule has 7 heteroatoms. The van der Waals surface area contributed by atoms with Crippen LogP contribution in [-0.4, -0.2) is 65.4 Å². The molecule has 1 aliphatic heterocycles. The number of rotatable bonds is 3. The maximum atomic E-state index is 12.4. The Hall–Kier alpha value is -1.89. The molecular formula is C14H22N4O3. The lowest BCUT2D eigenvalue weighted by molar-refractivity contribution is -0.128. The van der Waals surface area contributed by atoms with Crippen LogP contribution >= 0.6 is 0 Å². The summed E-state index contributed by atoms with van der Waals surface area (Å²) in [6.07, 6.45) is 1.36. The number of aryl methyl sites for hydroxylation is 1. The van der Waals surface area contributed by atoms with E-state index in [1.165, 1.54) is 6.26 Å². The third kappa shape index (κ3) is 3.24. The molecular weight excluding hydrogens is 272 g/mol. The van der Waals surface area contributed by atoms with Crippen LogP contribution in [0.15, 0.2) is 10.7 Å². The summed E-state index contributed by atoms with van der Waals surface area (Å²) in [7, 11) is 1.61. The summed E-state index contributed by atoms with van der Waals surface area (Å²) in [6, 6.07) is -0.0838. The first-order chi connectivity index (χ1) is 9.93. The van der Waals surface area contributed by atoms with Gasteiger partial charge >= 0.3 is 0 Å². The molecule has 1 fully saturated rings. The van der Waals surface area contributed by atoms with Crippen molar-refractivity contribution in [3.05, 3.63) is 17.8 Å². The van der Waals surface area contributed by atoms with Gasteiger partial charge in [-0.2, -0.15) is 0 Å². The highest BCUT2D eigenvalue weighted by atomic mass is 16.3. The van der Waals surface area contributed by atoms with Crippen molar-refractivity contribution >= 4 is 11.8 Å². The summed E-state index contributed by atoms with van der Waals surface area (Å²) in [4.78, 5) is 32.3. The summed E-state index contributed by atoms with van der Waals surface area (Å²) in [6.45, 7) is 7.40. The predicted octanol–water partition coefficient (Wildman–Crippen LogP) is 0.264. The molecule has 1 aromatic rings. The second kappa shape index (κ2) is 6.26. The molecule has 1 N–H and O–H groups in total. The van der Waals surface area contributed by atoms with Gasteiger partial charge < -0.3 is 14.6 Å². The van der Waals surface area contributed by atoms with E-state index in [2.05, 4.69) is 29.0 Å². The Morgan fingerprint density at radius 2 is 2.14 bits per heavy atom. The molecule has 0 aliphatic carbocycles. The van der Waals surface area contributed by atoms with Crippen LogP contribution in [-0.2, 0) is 4.79 Å². The van der Waals surface area contributed by atoms with E-state index in [1.54, 1.807) is 18.9 Å². The molecule has 2 amide bonds. The van der Waals surface area contributed by atoms with Gasteiger partial charge in [-0.1, -0.05) is 0 Å². The molecule has 7 nitrogen and oxygen atoms in total. The van der Waals surface area contributed by atoms with E-state index in [0.29, 0.717) is 31.2 Å². The number of carbonyl (C=O) groups is 2. The first kappa shape index (κ1) is 15.5. The van der Waals surface area contributed by atoms with Crippen LogP contribution in [0.5, 0.6) is 0 Å². The number of nitrogens with one attached hydrogen (secondary N) is 1. The molecule has 0 saturated carbocycles. The second-order valence-electron chi connectivity index (χ2n) is 5.46. The van der Waals surface area contributed by atoms with E-state index in [-0.39, 0.29) is 23.9 Å². The maximum Gasteiger partial charge on any atom is 0.275 e. The Morgan fingerprint density at radius 1 is 1.43 bits per heavy atom. The number of aromatic nitrogens is 1. The van der Waals surface area contributed by atoms with Crippen LogP contribution in [0.2, 0.25) is 0 Å². The van der Waals surface area contributed by atoms with Gasteiger partial charge in [0.05, 0.1) is 0 Å². The Balaban J connectivity index is 2.13. The van der Waals surface area contributed by atoms with Crippen LogP contribution in [0.4, 0.5) is 0 Å². The van der Waals surface area contributed by atoms with Crippen molar-refractivity contribution in [2.24, 2.45) is 0 Å². The first-order valence-electron chi connectivity index (χ1n) is 7.12. The van der Waals surface area contributed by atoms with Gasteiger partial charge in [0, 0.05) is 39.6 Å². The fourth-order valence-corrected chi connectivity index (χ4v) is 2.62. The standard InChI is InChI=1S/C14H22N4O3/c1-9(2)18-6-5-17(7-12(18)13(19)15-4)14(20)11-8-21-10(3)16-11/h8-9,12H,5-7H2,1-4H3,(H,15,19)/t12-/m0/s1. The van der Waals surface area contributed by atoms with Crippen molar-refractivity contribution in [1.29, 1.82) is 0 Å². The smallest absolute Gasteiger partial charge is 0.275 e. The van der Waals surface area contributed by atoms with Crippen molar-refractivity contribution in [3.63, 3.8) is 0 Å². The number of hydrogen-bond donors (Lipinski definition) is 1. The van der Waals surface area contributed by atoms with Gasteiger partial charge in [-0.3, -0.25) is 14.5 Å². The van der Waals surface area contributed by atoms with Gasteiger partial charge in [0.15, 0.2) is 11.6 Å². The highest BCUT2D eigenvalue weighted by molar-refractivity contribution is 5.93. The van der Waals surface area contributed by atoms with Crippen molar-refractivity contribution in [3.8, 4) is 0 Å². The Kier molecular flexibility index (Phi) is 4.62. The van der Waals surface area contributed by atoms with Gasteiger partial charge in [0.25, 0.3) is 5.91 Å². The minimum atomic E-state index is -0.333. The van der Waals surface area contributed by atoms with Gasteiger partial charge in [0.2, 0.25) is 5.91 Å². The second-order valence-corrected chi connectivity index (χ2v) is 5.46. The molecule has 1 atom stereocenters. The summed E-state index contributed by atoms with van der Waals surface area (Å²) < 4.78 is 5.08. The van der Waals surface area contributed by atoms with Crippen molar-refractivity contribution in [2.45, 2.75) is 32.9 Å². The molecule has 2 heterocycles. The average Bonchev–Trinajstić information content (AvgIpc) is 2.91. The van der Waals surface area contributed by atoms with Crippen LogP contribution in [0.3, 0.4) is 0 Å². The minimum Gasteiger partial charge on any atom is -0.448 e. The zero-order chi connectivity index (χ0) is 15.6.